The predicted molar refractivity (Wildman–Crippen MR) is 73.6 cm³/mol. The molecule has 2 rings (SSSR count). The van der Waals surface area contributed by atoms with Crippen molar-refractivity contribution in [2.24, 2.45) is 0 Å². The summed E-state index contributed by atoms with van der Waals surface area (Å²) < 4.78 is 36.2. The molecule has 0 aromatic heterocycles. The van der Waals surface area contributed by atoms with E-state index in [1.54, 1.807) is 0 Å². The lowest BCUT2D eigenvalue weighted by molar-refractivity contribution is -0.136. The van der Waals surface area contributed by atoms with Gasteiger partial charge in [0, 0.05) is 6.42 Å². The van der Waals surface area contributed by atoms with Crippen LogP contribution in [0.15, 0.2) is 42.5 Å². The molecule has 4 heteroatoms. The maximum atomic E-state index is 12.1. The molecule has 0 saturated carbocycles. The minimum absolute atomic E-state index is 0.0323. The van der Waals surface area contributed by atoms with Crippen LogP contribution in [0.5, 0.6) is 0 Å². The lowest BCUT2D eigenvalue weighted by atomic mass is 9.98. The molecule has 1 nitrogen and oxygen atoms in total. The van der Waals surface area contributed by atoms with Gasteiger partial charge in [0.25, 0.3) is 0 Å². The Hall–Kier alpha value is -1.55. The van der Waals surface area contributed by atoms with E-state index in [4.69, 9.17) is 0 Å². The van der Waals surface area contributed by atoms with Crippen LogP contribution in [-0.2, 0) is 6.42 Å². The first-order chi connectivity index (χ1) is 9.46. The van der Waals surface area contributed by atoms with Crippen molar-refractivity contribution in [3.8, 4) is 0 Å². The number of aliphatic hydroxyl groups is 1. The van der Waals surface area contributed by atoms with Crippen molar-refractivity contribution < 1.29 is 18.3 Å². The van der Waals surface area contributed by atoms with Gasteiger partial charge < -0.3 is 5.11 Å². The van der Waals surface area contributed by atoms with Gasteiger partial charge in [0.15, 0.2) is 0 Å². The maximum Gasteiger partial charge on any atom is 0.389 e. The van der Waals surface area contributed by atoms with Gasteiger partial charge in [-0.05, 0) is 35.6 Å². The molecule has 1 unspecified atom stereocenters. The Balaban J connectivity index is 1.98. The fraction of sp³-hybridized carbons (Fsp3) is 0.375. The molecule has 0 amide bonds. The average molecular weight is 282 g/mol. The van der Waals surface area contributed by atoms with Crippen LogP contribution in [-0.4, -0.2) is 17.4 Å². The number of rotatable bonds is 5. The SMILES string of the molecule is OC(CCCC(F)(F)F)Cc1cccc2ccccc12. The first-order valence-corrected chi connectivity index (χ1v) is 6.67. The van der Waals surface area contributed by atoms with E-state index in [1.807, 2.05) is 42.5 Å². The monoisotopic (exact) mass is 282 g/mol. The second-order valence-corrected chi connectivity index (χ2v) is 5.00. The third kappa shape index (κ3) is 4.23. The molecular weight excluding hydrogens is 265 g/mol. The quantitative estimate of drug-likeness (QED) is 0.857. The van der Waals surface area contributed by atoms with Gasteiger partial charge in [-0.2, -0.15) is 13.2 Å². The number of halogens is 3. The Kier molecular flexibility index (Phi) is 4.65. The normalized spacial score (nSPS) is 13.6. The van der Waals surface area contributed by atoms with E-state index in [2.05, 4.69) is 0 Å². The molecule has 0 bridgehead atoms. The van der Waals surface area contributed by atoms with Gasteiger partial charge in [0.2, 0.25) is 0 Å². The minimum Gasteiger partial charge on any atom is -0.393 e. The van der Waals surface area contributed by atoms with Crippen LogP contribution in [0, 0.1) is 0 Å². The molecule has 0 aliphatic rings. The highest BCUT2D eigenvalue weighted by molar-refractivity contribution is 5.85. The molecule has 0 heterocycles. The predicted octanol–water partition coefficient (Wildman–Crippen LogP) is 4.48. The van der Waals surface area contributed by atoms with E-state index in [1.165, 1.54) is 0 Å². The summed E-state index contributed by atoms with van der Waals surface area (Å²) in [5, 5.41) is 12.0. The molecule has 2 aromatic rings. The zero-order valence-corrected chi connectivity index (χ0v) is 11.0. The van der Waals surface area contributed by atoms with E-state index in [-0.39, 0.29) is 12.8 Å². The Labute approximate surface area is 116 Å². The summed E-state index contributed by atoms with van der Waals surface area (Å²) in [7, 11) is 0. The average Bonchev–Trinajstić information content (AvgIpc) is 2.37. The van der Waals surface area contributed by atoms with Gasteiger partial charge in [-0.3, -0.25) is 0 Å². The van der Waals surface area contributed by atoms with Crippen LogP contribution in [0.2, 0.25) is 0 Å². The smallest absolute Gasteiger partial charge is 0.389 e. The molecular formula is C16H17F3O. The first-order valence-electron chi connectivity index (χ1n) is 6.67. The molecule has 108 valence electrons. The Morgan fingerprint density at radius 3 is 2.45 bits per heavy atom. The van der Waals surface area contributed by atoms with Crippen LogP contribution in [0.25, 0.3) is 10.8 Å². The zero-order chi connectivity index (χ0) is 14.6. The molecule has 0 radical (unpaired) electrons. The highest BCUT2D eigenvalue weighted by Crippen LogP contribution is 2.24. The second kappa shape index (κ2) is 6.27. The number of benzene rings is 2. The molecule has 0 spiro atoms. The third-order valence-electron chi connectivity index (χ3n) is 3.33. The van der Waals surface area contributed by atoms with Crippen LogP contribution in [0.4, 0.5) is 13.2 Å². The van der Waals surface area contributed by atoms with Crippen molar-refractivity contribution in [3.63, 3.8) is 0 Å². The van der Waals surface area contributed by atoms with Gasteiger partial charge in [-0.1, -0.05) is 42.5 Å². The largest absolute Gasteiger partial charge is 0.393 e. The third-order valence-corrected chi connectivity index (χ3v) is 3.33. The minimum atomic E-state index is -4.14. The zero-order valence-electron chi connectivity index (χ0n) is 11.0. The van der Waals surface area contributed by atoms with Crippen molar-refractivity contribution in [2.75, 3.05) is 0 Å². The lowest BCUT2D eigenvalue weighted by Gasteiger charge is -2.13. The van der Waals surface area contributed by atoms with Gasteiger partial charge in [-0.15, -0.1) is 0 Å². The fourth-order valence-corrected chi connectivity index (χ4v) is 2.36. The Morgan fingerprint density at radius 2 is 1.70 bits per heavy atom. The summed E-state index contributed by atoms with van der Waals surface area (Å²) in [6.07, 6.45) is -5.18. The standard InChI is InChI=1S/C16H17F3O/c17-16(18,19)10-4-8-14(20)11-13-7-3-6-12-5-1-2-9-15(12)13/h1-3,5-7,9,14,20H,4,8,10-11H2. The van der Waals surface area contributed by atoms with Gasteiger partial charge >= 0.3 is 6.18 Å². The number of aliphatic hydroxyl groups excluding tert-OH is 1. The maximum absolute atomic E-state index is 12.1. The van der Waals surface area contributed by atoms with Crippen LogP contribution < -0.4 is 0 Å². The van der Waals surface area contributed by atoms with Gasteiger partial charge in [0.1, 0.15) is 0 Å². The Morgan fingerprint density at radius 1 is 1.00 bits per heavy atom. The molecule has 0 aliphatic heterocycles. The summed E-state index contributed by atoms with van der Waals surface area (Å²) in [6, 6.07) is 13.6. The molecule has 0 aliphatic carbocycles. The fourth-order valence-electron chi connectivity index (χ4n) is 2.36. The summed E-state index contributed by atoms with van der Waals surface area (Å²) >= 11 is 0. The molecule has 1 atom stereocenters. The van der Waals surface area contributed by atoms with Crippen molar-refractivity contribution in [2.45, 2.75) is 38.0 Å². The number of alkyl halides is 3. The first kappa shape index (κ1) is 14.9. The van der Waals surface area contributed by atoms with Crippen molar-refractivity contribution >= 4 is 10.8 Å². The second-order valence-electron chi connectivity index (χ2n) is 5.00. The highest BCUT2D eigenvalue weighted by atomic mass is 19.4. The van der Waals surface area contributed by atoms with Crippen LogP contribution in [0.1, 0.15) is 24.8 Å². The van der Waals surface area contributed by atoms with E-state index in [0.717, 1.165) is 16.3 Å². The summed E-state index contributed by atoms with van der Waals surface area (Å²) in [5.41, 5.74) is 0.975. The number of fused-ring (bicyclic) bond motifs is 1. The molecule has 2 aromatic carbocycles. The van der Waals surface area contributed by atoms with Crippen LogP contribution in [0.3, 0.4) is 0 Å². The van der Waals surface area contributed by atoms with E-state index < -0.39 is 18.7 Å². The van der Waals surface area contributed by atoms with Crippen molar-refractivity contribution in [3.05, 3.63) is 48.0 Å². The number of hydrogen-bond donors (Lipinski definition) is 1. The molecule has 20 heavy (non-hydrogen) atoms. The lowest BCUT2D eigenvalue weighted by Crippen LogP contribution is -2.13. The molecule has 0 fully saturated rings. The van der Waals surface area contributed by atoms with Gasteiger partial charge in [0.05, 0.1) is 6.10 Å². The highest BCUT2D eigenvalue weighted by Gasteiger charge is 2.26. The van der Waals surface area contributed by atoms with E-state index in [9.17, 15) is 18.3 Å². The van der Waals surface area contributed by atoms with Gasteiger partial charge in [-0.25, -0.2) is 0 Å². The van der Waals surface area contributed by atoms with E-state index >= 15 is 0 Å². The summed E-state index contributed by atoms with van der Waals surface area (Å²) in [5.74, 6) is 0. The molecule has 1 N–H and O–H groups in total. The van der Waals surface area contributed by atoms with E-state index in [0.29, 0.717) is 6.42 Å². The molecule has 0 saturated heterocycles. The Bertz CT molecular complexity index is 558. The van der Waals surface area contributed by atoms with Crippen LogP contribution >= 0.6 is 0 Å². The van der Waals surface area contributed by atoms with Crippen molar-refractivity contribution in [1.82, 2.24) is 0 Å². The number of hydrogen-bond acceptors (Lipinski definition) is 1. The summed E-state index contributed by atoms with van der Waals surface area (Å²) in [4.78, 5) is 0. The van der Waals surface area contributed by atoms with Crippen molar-refractivity contribution in [1.29, 1.82) is 0 Å². The topological polar surface area (TPSA) is 20.2 Å². The summed E-state index contributed by atoms with van der Waals surface area (Å²) in [6.45, 7) is 0.